The Morgan fingerprint density at radius 1 is 0.242 bits per heavy atom. The molecule has 12 aromatic rings. The van der Waals surface area contributed by atoms with Crippen LogP contribution in [-0.2, 0) is 11.8 Å². The third-order valence-corrected chi connectivity index (χ3v) is 20.0. The Morgan fingerprint density at radius 3 is 1.04 bits per heavy atom. The second-order valence-corrected chi connectivity index (χ2v) is 26.4. The summed E-state index contributed by atoms with van der Waals surface area (Å²) in [6.07, 6.45) is 17.4. The normalized spacial score (nSPS) is 12.1. The van der Waals surface area contributed by atoms with Crippen molar-refractivity contribution in [2.24, 2.45) is 0 Å². The van der Waals surface area contributed by atoms with Crippen LogP contribution in [0.2, 0.25) is 0 Å². The molecule has 13 rings (SSSR count). The van der Waals surface area contributed by atoms with Crippen LogP contribution in [0.15, 0.2) is 291 Å². The molecule has 0 spiro atoms. The average molecular weight is 1240 g/mol. The Kier molecular flexibility index (Phi) is 20.1. The molecule has 0 N–H and O–H groups in total. The maximum absolute atomic E-state index is 2.58. The summed E-state index contributed by atoms with van der Waals surface area (Å²) in [5.41, 5.74) is 29.6. The molecule has 0 fully saturated rings. The first-order chi connectivity index (χ1) is 46.8. The molecular formula is C92H91N3. The van der Waals surface area contributed by atoms with Gasteiger partial charge in [0.05, 0.1) is 0 Å². The summed E-state index contributed by atoms with van der Waals surface area (Å²) < 4.78 is 0. The average Bonchev–Trinajstić information content (AvgIpc) is 1.60. The summed E-state index contributed by atoms with van der Waals surface area (Å²) in [5, 5.41) is 0. The summed E-state index contributed by atoms with van der Waals surface area (Å²) >= 11 is 0. The molecule has 0 atom stereocenters. The van der Waals surface area contributed by atoms with Gasteiger partial charge < -0.3 is 14.7 Å². The smallest absolute Gasteiger partial charge is 0.0465 e. The number of benzene rings is 12. The molecular weight excluding hydrogens is 1150 g/mol. The van der Waals surface area contributed by atoms with Gasteiger partial charge in [0, 0.05) is 56.6 Å². The van der Waals surface area contributed by atoms with E-state index in [0.717, 1.165) is 51.9 Å². The lowest BCUT2D eigenvalue weighted by molar-refractivity contribution is 0.401. The zero-order chi connectivity index (χ0) is 64.9. The summed E-state index contributed by atoms with van der Waals surface area (Å²) in [7, 11) is 0. The number of hydrogen-bond acceptors (Lipinski definition) is 3. The molecule has 0 unspecified atom stereocenters. The number of fused-ring (bicyclic) bond motifs is 3. The fourth-order valence-electron chi connectivity index (χ4n) is 14.9. The summed E-state index contributed by atoms with van der Waals surface area (Å²) in [5.74, 6) is 0. The molecule has 0 saturated carbocycles. The zero-order valence-electron chi connectivity index (χ0n) is 56.5. The van der Waals surface area contributed by atoms with Crippen molar-refractivity contribution in [2.45, 2.75) is 130 Å². The number of anilines is 9. The minimum Gasteiger partial charge on any atom is -0.311 e. The van der Waals surface area contributed by atoms with Crippen LogP contribution in [0.4, 0.5) is 51.2 Å². The predicted octanol–water partition coefficient (Wildman–Crippen LogP) is 27.3. The topological polar surface area (TPSA) is 9.72 Å². The Hall–Kier alpha value is -9.96. The lowest BCUT2D eigenvalue weighted by Gasteiger charge is -2.34. The molecule has 0 saturated heterocycles. The van der Waals surface area contributed by atoms with Crippen molar-refractivity contribution in [3.63, 3.8) is 0 Å². The van der Waals surface area contributed by atoms with E-state index in [1.54, 1.807) is 0 Å². The van der Waals surface area contributed by atoms with Crippen molar-refractivity contribution >= 4 is 51.2 Å². The highest BCUT2D eigenvalue weighted by molar-refractivity contribution is 5.89. The highest BCUT2D eigenvalue weighted by atomic mass is 15.2. The van der Waals surface area contributed by atoms with Crippen LogP contribution in [0.5, 0.6) is 0 Å². The number of nitrogens with zero attached hydrogens (tertiary/aromatic N) is 3. The van der Waals surface area contributed by atoms with Crippen LogP contribution in [0.3, 0.4) is 0 Å². The van der Waals surface area contributed by atoms with E-state index in [2.05, 4.69) is 341 Å². The standard InChI is InChI=1S/C92H91N3/c1-6-9-12-26-62-92(63-27-13-10-7-2)90-39-25-24-38-88(90)89-61-58-85(67-91(89)92)95(79-36-22-16-23-37-79)84-57-60-87(69(5)65-84)86-59-56-83(64-68(86)4)94(81-50-44-72(45-51-81)71-42-40-70(41-43-71)29-17-11-8-3)82-54-48-74(49-55-82)76-31-28-30-75(66-76)73-46-52-80(53-47-73)93(77-32-18-14-19-33-77)78-34-20-15-21-35-78/h14-16,18-25,28,30-61,64-67H,6-13,17,26-27,29,62-63H2,1-5H3. The van der Waals surface area contributed by atoms with E-state index >= 15 is 0 Å². The van der Waals surface area contributed by atoms with Crippen molar-refractivity contribution < 1.29 is 0 Å². The van der Waals surface area contributed by atoms with Gasteiger partial charge in [-0.1, -0.05) is 261 Å². The summed E-state index contributed by atoms with van der Waals surface area (Å²) in [6.45, 7) is 11.5. The molecule has 0 aliphatic heterocycles. The molecule has 474 valence electrons. The van der Waals surface area contributed by atoms with Crippen LogP contribution in [-0.4, -0.2) is 0 Å². The quantitative estimate of drug-likeness (QED) is 0.0475. The third kappa shape index (κ3) is 14.0. The molecule has 0 radical (unpaired) electrons. The molecule has 12 aromatic carbocycles. The Morgan fingerprint density at radius 2 is 0.589 bits per heavy atom. The second-order valence-electron chi connectivity index (χ2n) is 26.4. The van der Waals surface area contributed by atoms with E-state index in [1.807, 2.05) is 0 Å². The van der Waals surface area contributed by atoms with Crippen molar-refractivity contribution in [3.8, 4) is 55.6 Å². The number of rotatable bonds is 27. The van der Waals surface area contributed by atoms with Crippen molar-refractivity contribution in [2.75, 3.05) is 14.7 Å². The van der Waals surface area contributed by atoms with Crippen molar-refractivity contribution in [1.82, 2.24) is 0 Å². The minimum absolute atomic E-state index is 0.00362. The van der Waals surface area contributed by atoms with E-state index in [0.29, 0.717) is 0 Å². The van der Waals surface area contributed by atoms with Gasteiger partial charge in [0.2, 0.25) is 0 Å². The third-order valence-electron chi connectivity index (χ3n) is 20.0. The van der Waals surface area contributed by atoms with Crippen molar-refractivity contribution in [3.05, 3.63) is 319 Å². The monoisotopic (exact) mass is 1240 g/mol. The van der Waals surface area contributed by atoms with Crippen LogP contribution in [0, 0.1) is 13.8 Å². The SMILES string of the molecule is CCCCCCC1(CCCCCC)c2ccccc2-c2ccc(N(c3ccccc3)c3ccc(-c4ccc(N(c5ccc(-c6ccc(CCCCC)cc6)cc5)c5ccc(-c6cccc(-c7ccc(N(c8ccccc8)c8ccccc8)cc7)c6)cc5)cc4C)c(C)c3)cc21. The Bertz CT molecular complexity index is 4400. The highest BCUT2D eigenvalue weighted by Crippen LogP contribution is 2.56. The van der Waals surface area contributed by atoms with Crippen LogP contribution >= 0.6 is 0 Å². The second kappa shape index (κ2) is 30.0. The molecule has 1 aliphatic carbocycles. The van der Waals surface area contributed by atoms with E-state index in [-0.39, 0.29) is 5.41 Å². The van der Waals surface area contributed by atoms with Gasteiger partial charge in [-0.2, -0.15) is 0 Å². The lowest BCUT2D eigenvalue weighted by Crippen LogP contribution is -2.26. The van der Waals surface area contributed by atoms with Crippen LogP contribution < -0.4 is 14.7 Å². The van der Waals surface area contributed by atoms with Gasteiger partial charge in [0.25, 0.3) is 0 Å². The first kappa shape index (κ1) is 63.8. The van der Waals surface area contributed by atoms with Gasteiger partial charge in [0.1, 0.15) is 0 Å². The van der Waals surface area contributed by atoms with Gasteiger partial charge in [-0.25, -0.2) is 0 Å². The first-order valence-electron chi connectivity index (χ1n) is 35.3. The lowest BCUT2D eigenvalue weighted by atomic mass is 9.70. The zero-order valence-corrected chi connectivity index (χ0v) is 56.5. The Labute approximate surface area is 567 Å². The number of hydrogen-bond donors (Lipinski definition) is 0. The number of para-hydroxylation sites is 3. The molecule has 3 nitrogen and oxygen atoms in total. The largest absolute Gasteiger partial charge is 0.311 e. The molecule has 0 bridgehead atoms. The fourth-order valence-corrected chi connectivity index (χ4v) is 14.9. The highest BCUT2D eigenvalue weighted by Gasteiger charge is 2.42. The number of unbranched alkanes of at least 4 members (excludes halogenated alkanes) is 8. The maximum Gasteiger partial charge on any atom is 0.0465 e. The Balaban J connectivity index is 0.815. The first-order valence-corrected chi connectivity index (χ1v) is 35.3. The van der Waals surface area contributed by atoms with Gasteiger partial charge in [-0.15, -0.1) is 0 Å². The molecule has 3 heteroatoms. The molecule has 0 aromatic heterocycles. The van der Waals surface area contributed by atoms with Crippen LogP contribution in [0.1, 0.15) is 132 Å². The van der Waals surface area contributed by atoms with Gasteiger partial charge in [0.15, 0.2) is 0 Å². The molecule has 0 heterocycles. The van der Waals surface area contributed by atoms with Crippen LogP contribution in [0.25, 0.3) is 55.6 Å². The summed E-state index contributed by atoms with van der Waals surface area (Å²) in [4.78, 5) is 7.22. The molecule has 95 heavy (non-hydrogen) atoms. The fraction of sp³-hybridized carbons (Fsp3) is 0.217. The van der Waals surface area contributed by atoms with E-state index in [4.69, 9.17) is 0 Å². The molecule has 0 amide bonds. The number of aryl methyl sites for hydroxylation is 3. The van der Waals surface area contributed by atoms with E-state index < -0.39 is 0 Å². The molecule has 1 aliphatic rings. The van der Waals surface area contributed by atoms with Gasteiger partial charge in [-0.3, -0.25) is 0 Å². The van der Waals surface area contributed by atoms with Crippen molar-refractivity contribution in [1.29, 1.82) is 0 Å². The van der Waals surface area contributed by atoms with Gasteiger partial charge >= 0.3 is 0 Å². The maximum atomic E-state index is 2.58. The predicted molar refractivity (Wildman–Crippen MR) is 409 cm³/mol. The van der Waals surface area contributed by atoms with E-state index in [1.165, 1.54) is 173 Å². The van der Waals surface area contributed by atoms with Gasteiger partial charge in [-0.05, 0) is 238 Å². The minimum atomic E-state index is -0.00362. The summed E-state index contributed by atoms with van der Waals surface area (Å²) in [6, 6.07) is 109. The van der Waals surface area contributed by atoms with E-state index in [9.17, 15) is 0 Å².